The van der Waals surface area contributed by atoms with E-state index >= 15 is 0 Å². The van der Waals surface area contributed by atoms with Crippen molar-refractivity contribution in [1.82, 2.24) is 25.4 Å². The zero-order valence-corrected chi connectivity index (χ0v) is 15.5. The summed E-state index contributed by atoms with van der Waals surface area (Å²) in [5, 5.41) is 14.4. The van der Waals surface area contributed by atoms with Crippen molar-refractivity contribution in [3.8, 4) is 0 Å². The van der Waals surface area contributed by atoms with Crippen LogP contribution >= 0.6 is 15.9 Å². The maximum Gasteiger partial charge on any atom is 0.191 e. The van der Waals surface area contributed by atoms with E-state index in [9.17, 15) is 4.39 Å². The molecule has 6 nitrogen and oxygen atoms in total. The van der Waals surface area contributed by atoms with Gasteiger partial charge in [0.05, 0.1) is 6.54 Å². The van der Waals surface area contributed by atoms with Crippen LogP contribution in [0.2, 0.25) is 0 Å². The Labute approximate surface area is 149 Å². The van der Waals surface area contributed by atoms with Gasteiger partial charge < -0.3 is 15.2 Å². The molecule has 1 aromatic carbocycles. The van der Waals surface area contributed by atoms with Crippen LogP contribution in [0.1, 0.15) is 24.7 Å². The minimum Gasteiger partial charge on any atom is -0.356 e. The van der Waals surface area contributed by atoms with Gasteiger partial charge in [-0.1, -0.05) is 22.0 Å². The predicted octanol–water partition coefficient (Wildman–Crippen LogP) is 2.50. The van der Waals surface area contributed by atoms with Crippen LogP contribution in [0, 0.1) is 5.82 Å². The van der Waals surface area contributed by atoms with E-state index in [2.05, 4.69) is 41.8 Å². The van der Waals surface area contributed by atoms with Crippen molar-refractivity contribution in [2.75, 3.05) is 13.6 Å². The number of rotatable bonds is 7. The number of aromatic nitrogens is 3. The van der Waals surface area contributed by atoms with Crippen molar-refractivity contribution in [3.05, 3.63) is 46.2 Å². The number of hydrogen-bond donors (Lipinski definition) is 2. The van der Waals surface area contributed by atoms with E-state index < -0.39 is 0 Å². The lowest BCUT2D eigenvalue weighted by Gasteiger charge is -2.12. The number of nitrogens with one attached hydrogen (secondary N) is 2. The molecule has 2 rings (SSSR count). The quantitative estimate of drug-likeness (QED) is 0.428. The lowest BCUT2D eigenvalue weighted by Crippen LogP contribution is -2.38. The Morgan fingerprint density at radius 1 is 1.38 bits per heavy atom. The first-order chi connectivity index (χ1) is 11.6. The molecule has 8 heteroatoms. The van der Waals surface area contributed by atoms with Crippen LogP contribution < -0.4 is 10.6 Å². The van der Waals surface area contributed by atoms with E-state index in [-0.39, 0.29) is 5.82 Å². The van der Waals surface area contributed by atoms with E-state index in [1.807, 2.05) is 23.6 Å². The third-order valence-corrected chi connectivity index (χ3v) is 4.10. The van der Waals surface area contributed by atoms with Crippen molar-refractivity contribution in [2.24, 2.45) is 4.99 Å². The Hall–Kier alpha value is -1.96. The summed E-state index contributed by atoms with van der Waals surface area (Å²) in [6.45, 7) is 4.13. The lowest BCUT2D eigenvalue weighted by atomic mass is 10.1. The summed E-state index contributed by atoms with van der Waals surface area (Å²) in [7, 11) is 1.72. The third-order valence-electron chi connectivity index (χ3n) is 3.60. The van der Waals surface area contributed by atoms with Crippen molar-refractivity contribution < 1.29 is 4.39 Å². The number of benzene rings is 1. The average molecular weight is 397 g/mol. The molecule has 0 amide bonds. The lowest BCUT2D eigenvalue weighted by molar-refractivity contribution is 0.601. The van der Waals surface area contributed by atoms with E-state index in [4.69, 9.17) is 0 Å². The van der Waals surface area contributed by atoms with Gasteiger partial charge in [0, 0.05) is 24.6 Å². The van der Waals surface area contributed by atoms with Crippen molar-refractivity contribution in [3.63, 3.8) is 0 Å². The topological polar surface area (TPSA) is 67.1 Å². The highest BCUT2D eigenvalue weighted by atomic mass is 79.9. The number of aliphatic imine (C=N–C) groups is 1. The van der Waals surface area contributed by atoms with Gasteiger partial charge >= 0.3 is 0 Å². The monoisotopic (exact) mass is 396 g/mol. The number of guanidine groups is 1. The normalized spacial score (nSPS) is 11.6. The van der Waals surface area contributed by atoms with Crippen molar-refractivity contribution in [2.45, 2.75) is 32.9 Å². The Bertz CT molecular complexity index is 685. The van der Waals surface area contributed by atoms with Gasteiger partial charge in [-0.05, 0) is 37.5 Å². The minimum absolute atomic E-state index is 0.175. The van der Waals surface area contributed by atoms with Crippen LogP contribution in [0.25, 0.3) is 0 Å². The number of aryl methyl sites for hydroxylation is 2. The van der Waals surface area contributed by atoms with Crippen LogP contribution in [0.5, 0.6) is 0 Å². The average Bonchev–Trinajstić information content (AvgIpc) is 3.03. The summed E-state index contributed by atoms with van der Waals surface area (Å²) in [6.07, 6.45) is 3.19. The van der Waals surface area contributed by atoms with Crippen LogP contribution in [-0.2, 0) is 19.5 Å². The van der Waals surface area contributed by atoms with Gasteiger partial charge in [0.2, 0.25) is 0 Å². The molecule has 0 aliphatic carbocycles. The molecule has 1 aromatic heterocycles. The molecule has 1 heterocycles. The van der Waals surface area contributed by atoms with Gasteiger partial charge in [0.15, 0.2) is 11.8 Å². The fourth-order valence-corrected chi connectivity index (χ4v) is 2.61. The molecular formula is C16H22BrFN6. The van der Waals surface area contributed by atoms with Crippen LogP contribution in [-0.4, -0.2) is 34.3 Å². The molecule has 0 spiro atoms. The molecular weight excluding hydrogens is 375 g/mol. The van der Waals surface area contributed by atoms with Crippen LogP contribution in [0.4, 0.5) is 4.39 Å². The first kappa shape index (κ1) is 18.4. The maximum atomic E-state index is 13.8. The standard InChI is InChI=1S/C16H22BrFN6/c1-3-24-11-22-23-15(24)10-21-16(19-2)20-8-4-5-12-6-7-13(17)9-14(12)18/h6-7,9,11H,3-5,8,10H2,1-2H3,(H2,19,20,21). The molecule has 0 atom stereocenters. The SMILES string of the molecule is CCn1cnnc1CNC(=NC)NCCCc1ccc(Br)cc1F. The fourth-order valence-electron chi connectivity index (χ4n) is 2.27. The predicted molar refractivity (Wildman–Crippen MR) is 96.3 cm³/mol. The molecule has 0 aliphatic rings. The minimum atomic E-state index is -0.175. The number of hydrogen-bond acceptors (Lipinski definition) is 3. The molecule has 24 heavy (non-hydrogen) atoms. The molecule has 0 unspecified atom stereocenters. The highest BCUT2D eigenvalue weighted by molar-refractivity contribution is 9.10. The molecule has 0 radical (unpaired) electrons. The zero-order chi connectivity index (χ0) is 17.4. The smallest absolute Gasteiger partial charge is 0.191 e. The Morgan fingerprint density at radius 3 is 2.92 bits per heavy atom. The Morgan fingerprint density at radius 2 is 2.21 bits per heavy atom. The zero-order valence-electron chi connectivity index (χ0n) is 13.9. The van der Waals surface area contributed by atoms with Gasteiger partial charge in [-0.3, -0.25) is 4.99 Å². The van der Waals surface area contributed by atoms with Crippen LogP contribution in [0.15, 0.2) is 34.0 Å². The second kappa shape index (κ2) is 9.36. The van der Waals surface area contributed by atoms with Gasteiger partial charge in [0.25, 0.3) is 0 Å². The Balaban J connectivity index is 1.74. The maximum absolute atomic E-state index is 13.8. The molecule has 0 saturated heterocycles. The van der Waals surface area contributed by atoms with Crippen LogP contribution in [0.3, 0.4) is 0 Å². The van der Waals surface area contributed by atoms with Gasteiger partial charge in [-0.25, -0.2) is 4.39 Å². The number of halogens is 2. The summed E-state index contributed by atoms with van der Waals surface area (Å²) in [4.78, 5) is 4.17. The molecule has 0 saturated carbocycles. The molecule has 0 aliphatic heterocycles. The number of nitrogens with zero attached hydrogens (tertiary/aromatic N) is 4. The van der Waals surface area contributed by atoms with Gasteiger partial charge in [0.1, 0.15) is 12.1 Å². The molecule has 0 bridgehead atoms. The van der Waals surface area contributed by atoms with Crippen molar-refractivity contribution in [1.29, 1.82) is 0 Å². The van der Waals surface area contributed by atoms with E-state index in [0.29, 0.717) is 25.5 Å². The second-order valence-electron chi connectivity index (χ2n) is 5.23. The molecule has 130 valence electrons. The van der Waals surface area contributed by atoms with E-state index in [1.165, 1.54) is 6.07 Å². The Kier molecular flexibility index (Phi) is 7.17. The highest BCUT2D eigenvalue weighted by Crippen LogP contribution is 2.16. The summed E-state index contributed by atoms with van der Waals surface area (Å²) >= 11 is 3.26. The fraction of sp³-hybridized carbons (Fsp3) is 0.438. The summed E-state index contributed by atoms with van der Waals surface area (Å²) in [5.41, 5.74) is 0.721. The molecule has 2 aromatic rings. The highest BCUT2D eigenvalue weighted by Gasteiger charge is 2.05. The third kappa shape index (κ3) is 5.30. The summed E-state index contributed by atoms with van der Waals surface area (Å²) in [5.74, 6) is 1.38. The largest absolute Gasteiger partial charge is 0.356 e. The van der Waals surface area contributed by atoms with E-state index in [1.54, 1.807) is 13.4 Å². The van der Waals surface area contributed by atoms with E-state index in [0.717, 1.165) is 28.8 Å². The first-order valence-electron chi connectivity index (χ1n) is 7.89. The molecule has 2 N–H and O–H groups in total. The van der Waals surface area contributed by atoms with Gasteiger partial charge in [-0.2, -0.15) is 0 Å². The van der Waals surface area contributed by atoms with Gasteiger partial charge in [-0.15, -0.1) is 10.2 Å². The second-order valence-corrected chi connectivity index (χ2v) is 6.14. The molecule has 0 fully saturated rings. The summed E-state index contributed by atoms with van der Waals surface area (Å²) < 4.78 is 16.5. The summed E-state index contributed by atoms with van der Waals surface area (Å²) in [6, 6.07) is 5.16. The first-order valence-corrected chi connectivity index (χ1v) is 8.68. The van der Waals surface area contributed by atoms with Crippen molar-refractivity contribution >= 4 is 21.9 Å².